The Morgan fingerprint density at radius 3 is 2.48 bits per heavy atom. The van der Waals surface area contributed by atoms with Crippen LogP contribution in [0.3, 0.4) is 0 Å². The maximum absolute atomic E-state index is 12.4. The molecule has 1 N–H and O–H groups in total. The number of nitrogens with one attached hydrogen (secondary N) is 1. The number of rotatable bonds is 4. The number of carbonyl (C=O) groups excluding carboxylic acids is 1. The Balaban J connectivity index is 1.71. The Morgan fingerprint density at radius 1 is 1.08 bits per heavy atom. The summed E-state index contributed by atoms with van der Waals surface area (Å²) in [6.07, 6.45) is 0.259. The number of anilines is 1. The maximum atomic E-state index is 12.4. The molecule has 0 spiro atoms. The first kappa shape index (κ1) is 17.3. The number of hydrogen-bond acceptors (Lipinski definition) is 4. The number of aromatic nitrogens is 2. The summed E-state index contributed by atoms with van der Waals surface area (Å²) in [5.74, 6) is -0.0717. The van der Waals surface area contributed by atoms with Gasteiger partial charge in [0.2, 0.25) is 5.91 Å². The molecule has 0 atom stereocenters. The molecule has 0 aliphatic heterocycles. The predicted octanol–water partition coefficient (Wildman–Crippen LogP) is 4.62. The molecule has 0 saturated carbocycles. The molecule has 4 nitrogen and oxygen atoms in total. The van der Waals surface area contributed by atoms with Crippen molar-refractivity contribution < 1.29 is 4.79 Å². The SMILES string of the molecule is Cc1ccc(-c2nc(CC(=O)Nc3c(C)cc(C)nc3C)cs2)cc1. The van der Waals surface area contributed by atoms with Gasteiger partial charge in [-0.1, -0.05) is 29.8 Å². The number of aryl methyl sites for hydroxylation is 4. The number of benzene rings is 1. The molecule has 0 fully saturated rings. The van der Waals surface area contributed by atoms with Crippen molar-refractivity contribution in [1.82, 2.24) is 9.97 Å². The van der Waals surface area contributed by atoms with Gasteiger partial charge in [-0.15, -0.1) is 11.3 Å². The van der Waals surface area contributed by atoms with E-state index >= 15 is 0 Å². The van der Waals surface area contributed by atoms with Crippen molar-refractivity contribution in [3.63, 3.8) is 0 Å². The number of pyridine rings is 1. The molecule has 5 heteroatoms. The van der Waals surface area contributed by atoms with Crippen LogP contribution in [0, 0.1) is 27.7 Å². The topological polar surface area (TPSA) is 54.9 Å². The molecule has 2 aromatic heterocycles. The van der Waals surface area contributed by atoms with Crippen LogP contribution in [0.15, 0.2) is 35.7 Å². The fraction of sp³-hybridized carbons (Fsp3) is 0.250. The van der Waals surface area contributed by atoms with Crippen molar-refractivity contribution in [1.29, 1.82) is 0 Å². The van der Waals surface area contributed by atoms with E-state index in [2.05, 4.69) is 46.5 Å². The number of carbonyl (C=O) groups is 1. The van der Waals surface area contributed by atoms with Gasteiger partial charge in [0.1, 0.15) is 5.01 Å². The van der Waals surface area contributed by atoms with Crippen LogP contribution >= 0.6 is 11.3 Å². The van der Waals surface area contributed by atoms with Gasteiger partial charge in [-0.3, -0.25) is 9.78 Å². The first-order valence-electron chi connectivity index (χ1n) is 8.18. The minimum Gasteiger partial charge on any atom is -0.324 e. The zero-order valence-electron chi connectivity index (χ0n) is 14.9. The van der Waals surface area contributed by atoms with Gasteiger partial charge in [-0.2, -0.15) is 0 Å². The zero-order valence-corrected chi connectivity index (χ0v) is 15.7. The van der Waals surface area contributed by atoms with Crippen molar-refractivity contribution in [3.8, 4) is 10.6 Å². The molecule has 3 aromatic rings. The van der Waals surface area contributed by atoms with E-state index in [0.717, 1.165) is 38.9 Å². The molecule has 1 amide bonds. The van der Waals surface area contributed by atoms with E-state index in [4.69, 9.17) is 0 Å². The van der Waals surface area contributed by atoms with Crippen LogP contribution in [0.25, 0.3) is 10.6 Å². The van der Waals surface area contributed by atoms with E-state index in [1.54, 1.807) is 11.3 Å². The maximum Gasteiger partial charge on any atom is 0.230 e. The molecular formula is C20H21N3OS. The third-order valence-corrected chi connectivity index (χ3v) is 4.92. The van der Waals surface area contributed by atoms with Crippen LogP contribution < -0.4 is 5.32 Å². The monoisotopic (exact) mass is 351 g/mol. The molecule has 0 aliphatic rings. The minimum atomic E-state index is -0.0717. The number of thiazole rings is 1. The highest BCUT2D eigenvalue weighted by atomic mass is 32.1. The summed E-state index contributed by atoms with van der Waals surface area (Å²) in [4.78, 5) is 21.4. The highest BCUT2D eigenvalue weighted by Gasteiger charge is 2.12. The smallest absolute Gasteiger partial charge is 0.230 e. The summed E-state index contributed by atoms with van der Waals surface area (Å²) in [6.45, 7) is 7.91. The molecule has 0 radical (unpaired) electrons. The lowest BCUT2D eigenvalue weighted by atomic mass is 10.1. The standard InChI is InChI=1S/C20H21N3OS/c1-12-5-7-16(8-6-12)20-22-17(11-25-20)10-18(24)23-19-13(2)9-14(3)21-15(19)4/h5-9,11H,10H2,1-4H3,(H,23,24). The molecule has 0 bridgehead atoms. The van der Waals surface area contributed by atoms with Gasteiger partial charge in [-0.05, 0) is 39.3 Å². The first-order valence-corrected chi connectivity index (χ1v) is 9.06. The van der Waals surface area contributed by atoms with Crippen LogP contribution in [-0.2, 0) is 11.2 Å². The number of nitrogens with zero attached hydrogens (tertiary/aromatic N) is 2. The minimum absolute atomic E-state index is 0.0717. The molecule has 1 aromatic carbocycles. The third-order valence-electron chi connectivity index (χ3n) is 3.98. The summed E-state index contributed by atoms with van der Waals surface area (Å²) >= 11 is 1.56. The summed E-state index contributed by atoms with van der Waals surface area (Å²) in [5.41, 5.74) is 6.70. The van der Waals surface area contributed by atoms with Gasteiger partial charge in [-0.25, -0.2) is 4.98 Å². The highest BCUT2D eigenvalue weighted by molar-refractivity contribution is 7.13. The Bertz CT molecular complexity index is 890. The summed E-state index contributed by atoms with van der Waals surface area (Å²) < 4.78 is 0. The molecule has 128 valence electrons. The number of amides is 1. The molecule has 2 heterocycles. The van der Waals surface area contributed by atoms with Crippen molar-refractivity contribution in [2.45, 2.75) is 34.1 Å². The lowest BCUT2D eigenvalue weighted by molar-refractivity contribution is -0.115. The van der Waals surface area contributed by atoms with Crippen LogP contribution in [0.2, 0.25) is 0 Å². The quantitative estimate of drug-likeness (QED) is 0.746. The van der Waals surface area contributed by atoms with Crippen molar-refractivity contribution in [3.05, 3.63) is 63.9 Å². The number of hydrogen-bond donors (Lipinski definition) is 1. The van der Waals surface area contributed by atoms with E-state index < -0.39 is 0 Å². The summed E-state index contributed by atoms with van der Waals surface area (Å²) in [6, 6.07) is 10.2. The fourth-order valence-electron chi connectivity index (χ4n) is 2.78. The van der Waals surface area contributed by atoms with Gasteiger partial charge in [0.15, 0.2) is 0 Å². The van der Waals surface area contributed by atoms with Gasteiger partial charge < -0.3 is 5.32 Å². The van der Waals surface area contributed by atoms with Gasteiger partial charge in [0, 0.05) is 16.6 Å². The zero-order chi connectivity index (χ0) is 18.0. The Hall–Kier alpha value is -2.53. The van der Waals surface area contributed by atoms with Crippen LogP contribution in [0.1, 0.15) is 28.2 Å². The average molecular weight is 351 g/mol. The Kier molecular flexibility index (Phi) is 4.95. The van der Waals surface area contributed by atoms with Crippen molar-refractivity contribution >= 4 is 22.9 Å². The first-order chi connectivity index (χ1) is 11.9. The molecule has 0 aliphatic carbocycles. The van der Waals surface area contributed by atoms with E-state index in [-0.39, 0.29) is 12.3 Å². The van der Waals surface area contributed by atoms with Crippen LogP contribution in [-0.4, -0.2) is 15.9 Å². The van der Waals surface area contributed by atoms with E-state index in [1.165, 1.54) is 5.56 Å². The van der Waals surface area contributed by atoms with Gasteiger partial charge >= 0.3 is 0 Å². The fourth-order valence-corrected chi connectivity index (χ4v) is 3.60. The molecule has 25 heavy (non-hydrogen) atoms. The summed E-state index contributed by atoms with van der Waals surface area (Å²) in [7, 11) is 0. The lowest BCUT2D eigenvalue weighted by Crippen LogP contribution is -2.17. The Labute approximate surface area is 152 Å². The highest BCUT2D eigenvalue weighted by Crippen LogP contribution is 2.25. The molecule has 0 saturated heterocycles. The second-order valence-corrected chi connectivity index (χ2v) is 7.13. The van der Waals surface area contributed by atoms with E-state index in [0.29, 0.717) is 0 Å². The lowest BCUT2D eigenvalue weighted by Gasteiger charge is -2.11. The normalized spacial score (nSPS) is 10.7. The van der Waals surface area contributed by atoms with E-state index in [1.807, 2.05) is 32.2 Å². The Morgan fingerprint density at radius 2 is 1.80 bits per heavy atom. The summed E-state index contributed by atoms with van der Waals surface area (Å²) in [5, 5.41) is 5.86. The second-order valence-electron chi connectivity index (χ2n) is 6.28. The largest absolute Gasteiger partial charge is 0.324 e. The molecule has 3 rings (SSSR count). The third kappa shape index (κ3) is 4.12. The van der Waals surface area contributed by atoms with Gasteiger partial charge in [0.05, 0.1) is 23.5 Å². The predicted molar refractivity (Wildman–Crippen MR) is 103 cm³/mol. The average Bonchev–Trinajstić information content (AvgIpc) is 3.00. The molecule has 0 unspecified atom stereocenters. The van der Waals surface area contributed by atoms with Gasteiger partial charge in [0.25, 0.3) is 0 Å². The van der Waals surface area contributed by atoms with Crippen molar-refractivity contribution in [2.75, 3.05) is 5.32 Å². The van der Waals surface area contributed by atoms with Crippen LogP contribution in [0.4, 0.5) is 5.69 Å². The van der Waals surface area contributed by atoms with E-state index in [9.17, 15) is 4.79 Å². The molecular weight excluding hydrogens is 330 g/mol. The van der Waals surface area contributed by atoms with Crippen LogP contribution in [0.5, 0.6) is 0 Å². The second kappa shape index (κ2) is 7.15. The van der Waals surface area contributed by atoms with Crippen molar-refractivity contribution in [2.24, 2.45) is 0 Å².